The molecule has 3 aliphatic carbocycles. The molecular weight excluding hydrogens is 422 g/mol. The molecule has 3 saturated carbocycles. The Balaban J connectivity index is 1.10. The number of unbranched alkanes of at least 4 members (excludes halogenated alkanes) is 1. The van der Waals surface area contributed by atoms with Gasteiger partial charge in [-0.1, -0.05) is 57.2 Å². The molecule has 0 spiro atoms. The minimum Gasteiger partial charge on any atom is -0.204 e. The van der Waals surface area contributed by atoms with Crippen LogP contribution in [0.3, 0.4) is 0 Å². The molecule has 0 saturated heterocycles. The Hall–Kier alpha value is -1.18. The van der Waals surface area contributed by atoms with Crippen LogP contribution < -0.4 is 0 Å². The molecule has 0 radical (unpaired) electrons. The van der Waals surface area contributed by atoms with Gasteiger partial charge in [-0.25, -0.2) is 8.78 Å². The lowest BCUT2D eigenvalue weighted by atomic mass is 9.68. The van der Waals surface area contributed by atoms with Crippen LogP contribution in [0.2, 0.25) is 0 Å². The number of rotatable bonds is 9. The van der Waals surface area contributed by atoms with Gasteiger partial charge in [-0.05, 0) is 130 Å². The van der Waals surface area contributed by atoms with E-state index in [9.17, 15) is 8.78 Å². The molecule has 0 aliphatic heterocycles. The molecule has 3 aliphatic rings. The zero-order valence-corrected chi connectivity index (χ0v) is 21.6. The minimum absolute atomic E-state index is 0.713. The van der Waals surface area contributed by atoms with Crippen LogP contribution >= 0.6 is 0 Å². The zero-order chi connectivity index (χ0) is 23.8. The number of benzene rings is 1. The van der Waals surface area contributed by atoms with Gasteiger partial charge in [0.05, 0.1) is 0 Å². The zero-order valence-electron chi connectivity index (χ0n) is 21.6. The molecule has 2 heteroatoms. The first-order valence-electron chi connectivity index (χ1n) is 14.7. The fourth-order valence-electron chi connectivity index (χ4n) is 7.30. The van der Waals surface area contributed by atoms with Gasteiger partial charge >= 0.3 is 0 Å². The molecule has 4 rings (SSSR count). The van der Waals surface area contributed by atoms with E-state index < -0.39 is 11.6 Å². The maximum absolute atomic E-state index is 13.4. The molecular formula is C32H48F2. The lowest BCUT2D eigenvalue weighted by Crippen LogP contribution is -2.25. The maximum Gasteiger partial charge on any atom is 0.159 e. The van der Waals surface area contributed by atoms with Crippen molar-refractivity contribution < 1.29 is 8.78 Å². The van der Waals surface area contributed by atoms with Gasteiger partial charge in [0.1, 0.15) is 0 Å². The van der Waals surface area contributed by atoms with Crippen molar-refractivity contribution in [3.63, 3.8) is 0 Å². The van der Waals surface area contributed by atoms with E-state index in [2.05, 4.69) is 19.1 Å². The van der Waals surface area contributed by atoms with Crippen LogP contribution in [0.15, 0.2) is 30.4 Å². The smallest absolute Gasteiger partial charge is 0.159 e. The highest BCUT2D eigenvalue weighted by Crippen LogP contribution is 2.43. The summed E-state index contributed by atoms with van der Waals surface area (Å²) in [5.74, 6) is 3.96. The fourth-order valence-corrected chi connectivity index (χ4v) is 7.30. The Morgan fingerprint density at radius 2 is 1.21 bits per heavy atom. The quantitative estimate of drug-likeness (QED) is 0.315. The molecule has 3 fully saturated rings. The highest BCUT2D eigenvalue weighted by atomic mass is 19.2. The van der Waals surface area contributed by atoms with Crippen molar-refractivity contribution >= 4 is 0 Å². The van der Waals surface area contributed by atoms with Crippen LogP contribution in [-0.4, -0.2) is 0 Å². The second kappa shape index (κ2) is 13.2. The SMILES string of the molecule is CCCCC1CCC(C2CCC(C=CC3CCC(CCc4ccc(F)c(F)c4)CC3)CC2)CC1. The standard InChI is InChI=1S/C32H48F2/c1-2-3-4-24-13-18-29(19-14-24)30-20-15-27(16-21-30)10-9-25-5-7-26(8-6-25)11-12-28-17-22-31(33)32(34)23-28/h9-10,17,22-27,29-30H,2-8,11-16,18-21H2,1H3. The third-order valence-electron chi connectivity index (χ3n) is 9.71. The van der Waals surface area contributed by atoms with Crippen molar-refractivity contribution in [3.8, 4) is 0 Å². The predicted octanol–water partition coefficient (Wildman–Crippen LogP) is 10.1. The highest BCUT2D eigenvalue weighted by molar-refractivity contribution is 5.18. The van der Waals surface area contributed by atoms with Gasteiger partial charge in [0.15, 0.2) is 11.6 Å². The summed E-state index contributed by atoms with van der Waals surface area (Å²) in [6.07, 6.45) is 28.4. The summed E-state index contributed by atoms with van der Waals surface area (Å²) in [4.78, 5) is 0. The molecule has 1 aromatic rings. The molecule has 34 heavy (non-hydrogen) atoms. The van der Waals surface area contributed by atoms with Crippen molar-refractivity contribution in [1.82, 2.24) is 0 Å². The van der Waals surface area contributed by atoms with Gasteiger partial charge in [0, 0.05) is 0 Å². The Morgan fingerprint density at radius 1 is 0.676 bits per heavy atom. The largest absolute Gasteiger partial charge is 0.204 e. The van der Waals surface area contributed by atoms with Crippen molar-refractivity contribution in [1.29, 1.82) is 0 Å². The third-order valence-corrected chi connectivity index (χ3v) is 9.71. The average molecular weight is 471 g/mol. The second-order valence-electron chi connectivity index (χ2n) is 12.1. The summed E-state index contributed by atoms with van der Waals surface area (Å²) in [7, 11) is 0. The van der Waals surface area contributed by atoms with Gasteiger partial charge < -0.3 is 0 Å². The van der Waals surface area contributed by atoms with Crippen molar-refractivity contribution in [2.24, 2.45) is 35.5 Å². The third kappa shape index (κ3) is 7.66. The van der Waals surface area contributed by atoms with Gasteiger partial charge in [-0.3, -0.25) is 0 Å². The Kier molecular flexibility index (Phi) is 10.1. The van der Waals surface area contributed by atoms with Gasteiger partial charge in [0.25, 0.3) is 0 Å². The molecule has 0 bridgehead atoms. The van der Waals surface area contributed by atoms with Crippen LogP contribution in [0, 0.1) is 47.1 Å². The second-order valence-corrected chi connectivity index (χ2v) is 12.1. The first kappa shape index (κ1) is 25.9. The monoisotopic (exact) mass is 470 g/mol. The maximum atomic E-state index is 13.4. The predicted molar refractivity (Wildman–Crippen MR) is 140 cm³/mol. The normalized spacial score (nSPS) is 32.8. The van der Waals surface area contributed by atoms with E-state index in [4.69, 9.17) is 0 Å². The van der Waals surface area contributed by atoms with Crippen molar-refractivity contribution in [2.75, 3.05) is 0 Å². The number of hydrogen-bond acceptors (Lipinski definition) is 0. The lowest BCUT2D eigenvalue weighted by Gasteiger charge is -2.37. The fraction of sp³-hybridized carbons (Fsp3) is 0.750. The van der Waals surface area contributed by atoms with Gasteiger partial charge in [-0.2, -0.15) is 0 Å². The number of hydrogen-bond donors (Lipinski definition) is 0. The van der Waals surface area contributed by atoms with Crippen molar-refractivity contribution in [2.45, 2.75) is 116 Å². The van der Waals surface area contributed by atoms with Crippen LogP contribution in [0.25, 0.3) is 0 Å². The topological polar surface area (TPSA) is 0 Å². The summed E-state index contributed by atoms with van der Waals surface area (Å²) in [6, 6.07) is 4.37. The first-order valence-corrected chi connectivity index (χ1v) is 14.7. The van der Waals surface area contributed by atoms with Crippen LogP contribution in [0.5, 0.6) is 0 Å². The molecule has 0 nitrogen and oxygen atoms in total. The van der Waals surface area contributed by atoms with Crippen molar-refractivity contribution in [3.05, 3.63) is 47.5 Å². The van der Waals surface area contributed by atoms with Gasteiger partial charge in [-0.15, -0.1) is 0 Å². The molecule has 0 unspecified atom stereocenters. The van der Waals surface area contributed by atoms with E-state index in [0.29, 0.717) is 0 Å². The van der Waals surface area contributed by atoms with Gasteiger partial charge in [0.2, 0.25) is 0 Å². The molecule has 190 valence electrons. The molecule has 0 amide bonds. The minimum atomic E-state index is -0.741. The summed E-state index contributed by atoms with van der Waals surface area (Å²) >= 11 is 0. The van der Waals surface area contributed by atoms with E-state index >= 15 is 0 Å². The van der Waals surface area contributed by atoms with E-state index in [0.717, 1.165) is 53.9 Å². The lowest BCUT2D eigenvalue weighted by molar-refractivity contribution is 0.151. The Morgan fingerprint density at radius 3 is 1.79 bits per heavy atom. The Bertz CT molecular complexity index is 744. The van der Waals surface area contributed by atoms with E-state index in [1.54, 1.807) is 6.07 Å². The van der Waals surface area contributed by atoms with Crippen LogP contribution in [0.4, 0.5) is 8.78 Å². The summed E-state index contributed by atoms with van der Waals surface area (Å²) in [6.45, 7) is 2.33. The molecule has 0 N–H and O–H groups in total. The summed E-state index contributed by atoms with van der Waals surface area (Å²) in [5.41, 5.74) is 0.932. The molecule has 0 aromatic heterocycles. The summed E-state index contributed by atoms with van der Waals surface area (Å²) < 4.78 is 26.5. The first-order chi connectivity index (χ1) is 16.6. The van der Waals surface area contributed by atoms with Crippen LogP contribution in [0.1, 0.15) is 115 Å². The highest BCUT2D eigenvalue weighted by Gasteiger charge is 2.30. The molecule has 1 aromatic carbocycles. The van der Waals surface area contributed by atoms with E-state index in [1.165, 1.54) is 108 Å². The van der Waals surface area contributed by atoms with E-state index in [1.807, 2.05) is 0 Å². The molecule has 0 atom stereocenters. The summed E-state index contributed by atoms with van der Waals surface area (Å²) in [5, 5.41) is 0. The van der Waals surface area contributed by atoms with E-state index in [-0.39, 0.29) is 0 Å². The van der Waals surface area contributed by atoms with Crippen LogP contribution in [-0.2, 0) is 6.42 Å². The average Bonchev–Trinajstić information content (AvgIpc) is 2.88. The number of aryl methyl sites for hydroxylation is 1. The number of halogens is 2. The number of allylic oxidation sites excluding steroid dienone is 2. The Labute approximate surface area is 208 Å². The molecule has 0 heterocycles.